The van der Waals surface area contributed by atoms with Gasteiger partial charge in [0.1, 0.15) is 12.0 Å². The number of hydrogen-bond donors (Lipinski definition) is 3. The number of aromatic nitrogens is 3. The van der Waals surface area contributed by atoms with Crippen LogP contribution in [0.2, 0.25) is 10.0 Å². The van der Waals surface area contributed by atoms with Crippen LogP contribution in [0.1, 0.15) is 5.56 Å². The lowest BCUT2D eigenvalue weighted by atomic mass is 10.1. The smallest absolute Gasteiger partial charge is 0.290 e. The zero-order valence-electron chi connectivity index (χ0n) is 13.7. The van der Waals surface area contributed by atoms with Gasteiger partial charge in [-0.3, -0.25) is 20.5 Å². The molecular weight excluding hydrogens is 393 g/mol. The molecule has 0 aliphatic rings. The summed E-state index contributed by atoms with van der Waals surface area (Å²) in [5, 5.41) is 14.0. The predicted octanol–water partition coefficient (Wildman–Crippen LogP) is 2.48. The van der Waals surface area contributed by atoms with Crippen molar-refractivity contribution in [3.8, 4) is 5.69 Å². The summed E-state index contributed by atoms with van der Waals surface area (Å²) >= 11 is 12.1. The van der Waals surface area contributed by atoms with Crippen LogP contribution in [0.15, 0.2) is 63.2 Å². The maximum absolute atomic E-state index is 11.8. The van der Waals surface area contributed by atoms with Crippen molar-refractivity contribution in [2.75, 3.05) is 0 Å². The molecule has 0 bridgehead atoms. The molecule has 3 rings (SSSR count). The summed E-state index contributed by atoms with van der Waals surface area (Å²) in [6.07, 6.45) is 1.21. The van der Waals surface area contributed by atoms with Gasteiger partial charge in [-0.25, -0.2) is 9.79 Å². The van der Waals surface area contributed by atoms with Gasteiger partial charge in [0.2, 0.25) is 0 Å². The minimum absolute atomic E-state index is 0.214. The third kappa shape index (κ3) is 4.62. The average molecular weight is 406 g/mol. The Morgan fingerprint density at radius 2 is 1.93 bits per heavy atom. The number of aliphatic imine (C=N–C) groups is 1. The van der Waals surface area contributed by atoms with Crippen LogP contribution in [0.25, 0.3) is 5.69 Å². The van der Waals surface area contributed by atoms with Gasteiger partial charge < -0.3 is 0 Å². The largest absolute Gasteiger partial charge is 0.349 e. The van der Waals surface area contributed by atoms with Crippen molar-refractivity contribution in [1.82, 2.24) is 20.2 Å². The number of H-pyrrole nitrogens is 1. The maximum Gasteiger partial charge on any atom is 0.349 e. The van der Waals surface area contributed by atoms with Gasteiger partial charge in [-0.2, -0.15) is 9.78 Å². The van der Waals surface area contributed by atoms with Crippen LogP contribution in [-0.4, -0.2) is 25.8 Å². The van der Waals surface area contributed by atoms with Crippen LogP contribution in [-0.2, 0) is 6.42 Å². The van der Waals surface area contributed by atoms with Crippen LogP contribution >= 0.6 is 23.2 Å². The molecule has 138 valence electrons. The number of amidine groups is 1. The van der Waals surface area contributed by atoms with Crippen molar-refractivity contribution >= 4 is 34.7 Å². The van der Waals surface area contributed by atoms with E-state index in [1.54, 1.807) is 36.4 Å². The summed E-state index contributed by atoms with van der Waals surface area (Å²) in [6.45, 7) is 0. The fourth-order valence-corrected chi connectivity index (χ4v) is 2.67. The minimum atomic E-state index is -0.673. The molecule has 0 aliphatic carbocycles. The van der Waals surface area contributed by atoms with Gasteiger partial charge in [-0.1, -0.05) is 29.3 Å². The first kappa shape index (κ1) is 18.8. The highest BCUT2D eigenvalue weighted by molar-refractivity contribution is 6.31. The number of hydrogen-bond acceptors (Lipinski definition) is 5. The Bertz CT molecular complexity index is 1110. The van der Waals surface area contributed by atoms with Gasteiger partial charge in [0.05, 0.1) is 11.4 Å². The Kier molecular flexibility index (Phi) is 5.70. The highest BCUT2D eigenvalue weighted by Crippen LogP contribution is 2.21. The van der Waals surface area contributed by atoms with Gasteiger partial charge in [0.15, 0.2) is 0 Å². The molecule has 3 aromatic rings. The monoisotopic (exact) mass is 405 g/mol. The maximum atomic E-state index is 11.8. The molecule has 0 aliphatic heterocycles. The molecule has 10 heteroatoms. The second kappa shape index (κ2) is 8.17. The molecule has 0 saturated carbocycles. The van der Waals surface area contributed by atoms with Crippen molar-refractivity contribution in [2.45, 2.75) is 6.42 Å². The Balaban J connectivity index is 1.87. The van der Waals surface area contributed by atoms with Gasteiger partial charge in [0, 0.05) is 16.5 Å². The van der Waals surface area contributed by atoms with E-state index in [0.717, 1.165) is 10.9 Å². The lowest BCUT2D eigenvalue weighted by molar-refractivity contribution is 0.232. The highest BCUT2D eigenvalue weighted by Gasteiger charge is 2.09. The van der Waals surface area contributed by atoms with E-state index in [2.05, 4.69) is 20.6 Å². The molecule has 0 atom stereocenters. The van der Waals surface area contributed by atoms with Crippen molar-refractivity contribution in [3.63, 3.8) is 0 Å². The first-order valence-corrected chi connectivity index (χ1v) is 8.42. The fourth-order valence-electron chi connectivity index (χ4n) is 2.30. The topological polar surface area (TPSA) is 112 Å². The zero-order chi connectivity index (χ0) is 19.4. The van der Waals surface area contributed by atoms with E-state index in [0.29, 0.717) is 27.0 Å². The molecule has 0 saturated heterocycles. The number of aromatic amines is 1. The minimum Gasteiger partial charge on any atom is -0.290 e. The number of halogens is 2. The number of nitrogens with zero attached hydrogens (tertiary/aromatic N) is 3. The summed E-state index contributed by atoms with van der Waals surface area (Å²) in [6, 6.07) is 11.6. The summed E-state index contributed by atoms with van der Waals surface area (Å²) in [7, 11) is 0. The molecule has 1 heterocycles. The number of rotatable bonds is 4. The molecule has 3 N–H and O–H groups in total. The number of nitrogens with one attached hydrogen (secondary N) is 2. The second-order valence-electron chi connectivity index (χ2n) is 5.45. The zero-order valence-corrected chi connectivity index (χ0v) is 15.2. The third-order valence-electron chi connectivity index (χ3n) is 3.57. The quantitative estimate of drug-likeness (QED) is 0.350. The normalized spacial score (nSPS) is 11.4. The Morgan fingerprint density at radius 1 is 1.19 bits per heavy atom. The average Bonchev–Trinajstić information content (AvgIpc) is 2.64. The number of hydroxylamine groups is 1. The van der Waals surface area contributed by atoms with E-state index in [9.17, 15) is 14.8 Å². The Morgan fingerprint density at radius 3 is 2.56 bits per heavy atom. The predicted molar refractivity (Wildman–Crippen MR) is 103 cm³/mol. The van der Waals surface area contributed by atoms with Crippen LogP contribution in [0.4, 0.5) is 5.69 Å². The molecule has 27 heavy (non-hydrogen) atoms. The lowest BCUT2D eigenvalue weighted by Gasteiger charge is -2.09. The standard InChI is InChI=1S/C17H13Cl2N5O3/c18-11-2-4-12(5-3-11)21-15(23-27)7-10-1-6-13(8-14(10)19)24-17(26)22-16(25)9-20-24/h1-6,8-9,27H,7H2,(H,21,23)(H,22,25,26). The van der Waals surface area contributed by atoms with E-state index in [1.165, 1.54) is 6.07 Å². The van der Waals surface area contributed by atoms with Crippen LogP contribution in [0.3, 0.4) is 0 Å². The van der Waals surface area contributed by atoms with Crippen molar-refractivity contribution < 1.29 is 5.21 Å². The molecule has 0 spiro atoms. The first-order valence-electron chi connectivity index (χ1n) is 7.67. The number of benzene rings is 2. The second-order valence-corrected chi connectivity index (χ2v) is 6.29. The van der Waals surface area contributed by atoms with Crippen LogP contribution < -0.4 is 16.7 Å². The lowest BCUT2D eigenvalue weighted by Crippen LogP contribution is -2.30. The van der Waals surface area contributed by atoms with Gasteiger partial charge in [-0.05, 0) is 42.0 Å². The first-order chi connectivity index (χ1) is 13.0. The molecule has 8 nitrogen and oxygen atoms in total. The molecule has 0 amide bonds. The fraction of sp³-hybridized carbons (Fsp3) is 0.0588. The van der Waals surface area contributed by atoms with Crippen LogP contribution in [0, 0.1) is 0 Å². The Labute approximate surface area is 162 Å². The molecule has 0 unspecified atom stereocenters. The SMILES string of the molecule is O=c1cnn(-c2ccc(CC(=Nc3ccc(Cl)cc3)NO)c(Cl)c2)c(=O)[nH]1. The van der Waals surface area contributed by atoms with Gasteiger partial charge in [-0.15, -0.1) is 0 Å². The highest BCUT2D eigenvalue weighted by atomic mass is 35.5. The van der Waals surface area contributed by atoms with E-state index in [4.69, 9.17) is 23.2 Å². The van der Waals surface area contributed by atoms with E-state index < -0.39 is 11.2 Å². The molecule has 1 aromatic heterocycles. The van der Waals surface area contributed by atoms with Crippen molar-refractivity contribution in [3.05, 3.63) is 85.1 Å². The molecule has 0 fully saturated rings. The van der Waals surface area contributed by atoms with Crippen LogP contribution in [0.5, 0.6) is 0 Å². The summed E-state index contributed by atoms with van der Waals surface area (Å²) in [5.41, 5.74) is 2.44. The van der Waals surface area contributed by atoms with E-state index in [-0.39, 0.29) is 12.3 Å². The van der Waals surface area contributed by atoms with Crippen molar-refractivity contribution in [1.29, 1.82) is 0 Å². The van der Waals surface area contributed by atoms with Gasteiger partial charge in [0.25, 0.3) is 5.56 Å². The Hall–Kier alpha value is -2.94. The molecular formula is C17H13Cl2N5O3. The molecule has 2 aromatic carbocycles. The van der Waals surface area contributed by atoms with Gasteiger partial charge >= 0.3 is 5.69 Å². The molecule has 0 radical (unpaired) electrons. The third-order valence-corrected chi connectivity index (χ3v) is 4.18. The summed E-state index contributed by atoms with van der Waals surface area (Å²) in [5.74, 6) is 0.270. The summed E-state index contributed by atoms with van der Waals surface area (Å²) in [4.78, 5) is 29.3. The van der Waals surface area contributed by atoms with E-state index in [1.807, 2.05) is 0 Å². The van der Waals surface area contributed by atoms with E-state index >= 15 is 0 Å². The van der Waals surface area contributed by atoms with Crippen molar-refractivity contribution in [2.24, 2.45) is 4.99 Å². The summed E-state index contributed by atoms with van der Waals surface area (Å²) < 4.78 is 1.02.